The number of hydrogen-bond acceptors (Lipinski definition) is 8. The Morgan fingerprint density at radius 3 is 3.03 bits per heavy atom. The molecule has 0 aliphatic carbocycles. The summed E-state index contributed by atoms with van der Waals surface area (Å²) in [4.78, 5) is 23.0. The van der Waals surface area contributed by atoms with E-state index in [-0.39, 0.29) is 18.8 Å². The summed E-state index contributed by atoms with van der Waals surface area (Å²) in [5.41, 5.74) is 1.93. The van der Waals surface area contributed by atoms with Gasteiger partial charge in [0.25, 0.3) is 5.91 Å². The van der Waals surface area contributed by atoms with Gasteiger partial charge in [0.15, 0.2) is 11.5 Å². The maximum Gasteiger partial charge on any atom is 0.261 e. The summed E-state index contributed by atoms with van der Waals surface area (Å²) in [6.45, 7) is 4.07. The fourth-order valence-electron chi connectivity index (χ4n) is 3.75. The number of anilines is 1. The molecule has 0 radical (unpaired) electrons. The van der Waals surface area contributed by atoms with Crippen LogP contribution in [0.2, 0.25) is 0 Å². The molecule has 30 heavy (non-hydrogen) atoms. The van der Waals surface area contributed by atoms with Crippen molar-refractivity contribution >= 4 is 33.3 Å². The largest absolute Gasteiger partial charge is 0.454 e. The number of fused-ring (bicyclic) bond motifs is 2. The van der Waals surface area contributed by atoms with Gasteiger partial charge >= 0.3 is 0 Å². The van der Waals surface area contributed by atoms with Crippen LogP contribution < -0.4 is 20.1 Å². The molecule has 9 heteroatoms. The van der Waals surface area contributed by atoms with Crippen molar-refractivity contribution in [2.24, 2.45) is 0 Å². The molecule has 5 rings (SSSR count). The van der Waals surface area contributed by atoms with E-state index in [1.807, 2.05) is 25.1 Å². The summed E-state index contributed by atoms with van der Waals surface area (Å²) in [5, 5.41) is 7.25. The molecule has 2 aliphatic heterocycles. The fraction of sp³-hybridized carbons (Fsp3) is 0.381. The van der Waals surface area contributed by atoms with E-state index >= 15 is 0 Å². The molecule has 0 saturated carbocycles. The van der Waals surface area contributed by atoms with Crippen molar-refractivity contribution < 1.29 is 19.0 Å². The van der Waals surface area contributed by atoms with Crippen LogP contribution in [0, 0.1) is 6.92 Å². The van der Waals surface area contributed by atoms with Gasteiger partial charge in [-0.1, -0.05) is 6.07 Å². The lowest BCUT2D eigenvalue weighted by atomic mass is 10.1. The Morgan fingerprint density at radius 2 is 2.17 bits per heavy atom. The van der Waals surface area contributed by atoms with Crippen LogP contribution in [0.5, 0.6) is 11.5 Å². The summed E-state index contributed by atoms with van der Waals surface area (Å²) < 4.78 is 16.4. The fourth-order valence-corrected chi connectivity index (χ4v) is 4.82. The highest BCUT2D eigenvalue weighted by Gasteiger charge is 2.22. The SMILES string of the molecule is Cc1c(C(=O)NCC2CCCO2)sc2ncnc(NCc3ccc4c(c3)OCO4)c12. The van der Waals surface area contributed by atoms with Crippen molar-refractivity contribution in [3.05, 3.63) is 40.5 Å². The van der Waals surface area contributed by atoms with Gasteiger partial charge in [-0.05, 0) is 43.0 Å². The predicted molar refractivity (Wildman–Crippen MR) is 113 cm³/mol. The molecule has 8 nitrogen and oxygen atoms in total. The molecule has 3 aromatic rings. The van der Waals surface area contributed by atoms with Crippen LogP contribution in [-0.4, -0.2) is 41.9 Å². The first-order valence-electron chi connectivity index (χ1n) is 9.95. The Morgan fingerprint density at radius 1 is 1.27 bits per heavy atom. The van der Waals surface area contributed by atoms with E-state index in [9.17, 15) is 4.79 Å². The minimum Gasteiger partial charge on any atom is -0.454 e. The van der Waals surface area contributed by atoms with Gasteiger partial charge in [0, 0.05) is 19.7 Å². The average Bonchev–Trinajstić information content (AvgIpc) is 3.50. The topological polar surface area (TPSA) is 94.6 Å². The third kappa shape index (κ3) is 3.66. The van der Waals surface area contributed by atoms with Crippen LogP contribution in [0.15, 0.2) is 24.5 Å². The zero-order chi connectivity index (χ0) is 20.5. The Kier molecular flexibility index (Phi) is 5.14. The van der Waals surface area contributed by atoms with Gasteiger partial charge in [-0.25, -0.2) is 9.97 Å². The van der Waals surface area contributed by atoms with Crippen molar-refractivity contribution in [2.45, 2.75) is 32.4 Å². The summed E-state index contributed by atoms with van der Waals surface area (Å²) in [7, 11) is 0. The van der Waals surface area contributed by atoms with Crippen LogP contribution in [0.4, 0.5) is 5.82 Å². The lowest BCUT2D eigenvalue weighted by molar-refractivity contribution is 0.0860. The molecule has 1 saturated heterocycles. The van der Waals surface area contributed by atoms with Crippen LogP contribution in [0.1, 0.15) is 33.6 Å². The normalized spacial score (nSPS) is 17.4. The maximum absolute atomic E-state index is 12.7. The third-order valence-electron chi connectivity index (χ3n) is 5.34. The molecule has 2 aliphatic rings. The molecule has 0 bridgehead atoms. The number of aryl methyl sites for hydroxylation is 1. The Bertz CT molecular complexity index is 1090. The lowest BCUT2D eigenvalue weighted by Gasteiger charge is -2.10. The highest BCUT2D eigenvalue weighted by molar-refractivity contribution is 7.20. The summed E-state index contributed by atoms with van der Waals surface area (Å²) >= 11 is 1.39. The van der Waals surface area contributed by atoms with E-state index in [1.54, 1.807) is 0 Å². The number of benzene rings is 1. The minimum absolute atomic E-state index is 0.0901. The third-order valence-corrected chi connectivity index (χ3v) is 6.54. The van der Waals surface area contributed by atoms with Gasteiger partial charge in [-0.15, -0.1) is 11.3 Å². The second-order valence-electron chi connectivity index (χ2n) is 7.34. The number of aromatic nitrogens is 2. The van der Waals surface area contributed by atoms with Crippen molar-refractivity contribution in [1.29, 1.82) is 0 Å². The lowest BCUT2D eigenvalue weighted by Crippen LogP contribution is -2.31. The summed E-state index contributed by atoms with van der Waals surface area (Å²) in [6, 6.07) is 5.85. The van der Waals surface area contributed by atoms with Gasteiger partial charge in [0.1, 0.15) is 17.0 Å². The van der Waals surface area contributed by atoms with Gasteiger partial charge in [-0.3, -0.25) is 4.79 Å². The molecule has 156 valence electrons. The zero-order valence-electron chi connectivity index (χ0n) is 16.6. The highest BCUT2D eigenvalue weighted by atomic mass is 32.1. The summed E-state index contributed by atoms with van der Waals surface area (Å²) in [5.74, 6) is 2.13. The number of nitrogens with one attached hydrogen (secondary N) is 2. The van der Waals surface area contributed by atoms with Crippen molar-refractivity contribution in [3.63, 3.8) is 0 Å². The molecule has 1 atom stereocenters. The first kappa shape index (κ1) is 19.1. The molecule has 0 spiro atoms. The first-order chi connectivity index (χ1) is 14.7. The number of rotatable bonds is 6. The maximum atomic E-state index is 12.7. The first-order valence-corrected chi connectivity index (χ1v) is 10.8. The highest BCUT2D eigenvalue weighted by Crippen LogP contribution is 2.35. The van der Waals surface area contributed by atoms with Crippen molar-refractivity contribution in [1.82, 2.24) is 15.3 Å². The Balaban J connectivity index is 1.33. The summed E-state index contributed by atoms with van der Waals surface area (Å²) in [6.07, 6.45) is 3.68. The smallest absolute Gasteiger partial charge is 0.261 e. The minimum atomic E-state index is -0.0901. The molecule has 1 unspecified atom stereocenters. The van der Waals surface area contributed by atoms with Crippen molar-refractivity contribution in [3.8, 4) is 11.5 Å². The molecule has 2 aromatic heterocycles. The molecule has 1 amide bonds. The second-order valence-corrected chi connectivity index (χ2v) is 8.34. The van der Waals surface area contributed by atoms with Crippen molar-refractivity contribution in [2.75, 3.05) is 25.3 Å². The van der Waals surface area contributed by atoms with E-state index in [2.05, 4.69) is 20.6 Å². The van der Waals surface area contributed by atoms with Crippen LogP contribution in [-0.2, 0) is 11.3 Å². The van der Waals surface area contributed by atoms with Crippen LogP contribution >= 0.6 is 11.3 Å². The predicted octanol–water partition coefficient (Wildman–Crippen LogP) is 3.25. The number of nitrogens with zero attached hydrogens (tertiary/aromatic N) is 2. The molecular weight excluding hydrogens is 404 g/mol. The Labute approximate surface area is 177 Å². The van der Waals surface area contributed by atoms with Gasteiger partial charge < -0.3 is 24.8 Å². The number of carbonyl (C=O) groups is 1. The van der Waals surface area contributed by atoms with Crippen LogP contribution in [0.3, 0.4) is 0 Å². The molecule has 1 fully saturated rings. The standard InChI is InChI=1S/C21H22N4O4S/c1-12-17-19(22-8-13-4-5-15-16(7-13)29-11-28-15)24-10-25-21(17)30-18(12)20(26)23-9-14-3-2-6-27-14/h4-5,7,10,14H,2-3,6,8-9,11H2,1H3,(H,23,26)(H,22,24,25). The molecule has 4 heterocycles. The van der Waals surface area contributed by atoms with E-state index < -0.39 is 0 Å². The number of thiophene rings is 1. The quantitative estimate of drug-likeness (QED) is 0.625. The number of hydrogen-bond donors (Lipinski definition) is 2. The Hall–Kier alpha value is -2.91. The van der Waals surface area contributed by atoms with E-state index in [4.69, 9.17) is 14.2 Å². The number of carbonyl (C=O) groups excluding carboxylic acids is 1. The number of ether oxygens (including phenoxy) is 3. The van der Waals surface area contributed by atoms with E-state index in [1.165, 1.54) is 17.7 Å². The van der Waals surface area contributed by atoms with Gasteiger partial charge in [0.05, 0.1) is 16.4 Å². The zero-order valence-corrected chi connectivity index (χ0v) is 17.4. The molecular formula is C21H22N4O4S. The van der Waals surface area contributed by atoms with Crippen LogP contribution in [0.25, 0.3) is 10.2 Å². The monoisotopic (exact) mass is 426 g/mol. The number of amides is 1. The van der Waals surface area contributed by atoms with E-state index in [0.717, 1.165) is 52.3 Å². The van der Waals surface area contributed by atoms with Gasteiger partial charge in [-0.2, -0.15) is 0 Å². The average molecular weight is 426 g/mol. The second kappa shape index (κ2) is 8.08. The van der Waals surface area contributed by atoms with E-state index in [0.29, 0.717) is 23.8 Å². The van der Waals surface area contributed by atoms with Gasteiger partial charge in [0.2, 0.25) is 6.79 Å². The molecule has 2 N–H and O–H groups in total. The molecule has 1 aromatic carbocycles.